The van der Waals surface area contributed by atoms with Crippen LogP contribution in [-0.4, -0.2) is 40.0 Å². The van der Waals surface area contributed by atoms with Gasteiger partial charge in [-0.25, -0.2) is 0 Å². The number of nitrogens with zero attached hydrogens (tertiary/aromatic N) is 1. The SMILES string of the molecule is CC(C)N(CCC(=O)O)C(=O)C1(N)CCCC1. The molecule has 5 heteroatoms. The Morgan fingerprint density at radius 1 is 1.35 bits per heavy atom. The number of hydrogen-bond acceptors (Lipinski definition) is 3. The van der Waals surface area contributed by atoms with E-state index in [9.17, 15) is 9.59 Å². The zero-order valence-corrected chi connectivity index (χ0v) is 10.6. The first kappa shape index (κ1) is 14.0. The van der Waals surface area contributed by atoms with E-state index < -0.39 is 11.5 Å². The Bertz CT molecular complexity index is 296. The fraction of sp³-hybridized carbons (Fsp3) is 0.833. The van der Waals surface area contributed by atoms with Crippen molar-refractivity contribution in [1.82, 2.24) is 4.90 Å². The highest BCUT2D eigenvalue weighted by molar-refractivity contribution is 5.87. The van der Waals surface area contributed by atoms with E-state index >= 15 is 0 Å². The van der Waals surface area contributed by atoms with Gasteiger partial charge in [0, 0.05) is 12.6 Å². The summed E-state index contributed by atoms with van der Waals surface area (Å²) in [7, 11) is 0. The third-order valence-corrected chi connectivity index (χ3v) is 3.37. The summed E-state index contributed by atoms with van der Waals surface area (Å²) in [6.45, 7) is 4.01. The lowest BCUT2D eigenvalue weighted by Crippen LogP contribution is -2.55. The van der Waals surface area contributed by atoms with Gasteiger partial charge in [-0.2, -0.15) is 0 Å². The minimum atomic E-state index is -0.888. The van der Waals surface area contributed by atoms with Crippen molar-refractivity contribution in [3.8, 4) is 0 Å². The van der Waals surface area contributed by atoms with E-state index in [1.54, 1.807) is 4.90 Å². The maximum absolute atomic E-state index is 12.3. The van der Waals surface area contributed by atoms with Crippen LogP contribution in [0.1, 0.15) is 46.0 Å². The lowest BCUT2D eigenvalue weighted by atomic mass is 9.96. The number of carboxylic acid groups (broad SMARTS) is 1. The maximum atomic E-state index is 12.3. The average Bonchev–Trinajstić information content (AvgIpc) is 2.65. The molecule has 1 rings (SSSR count). The number of hydrogen-bond donors (Lipinski definition) is 2. The molecule has 17 heavy (non-hydrogen) atoms. The fourth-order valence-electron chi connectivity index (χ4n) is 2.32. The highest BCUT2D eigenvalue weighted by atomic mass is 16.4. The third-order valence-electron chi connectivity index (χ3n) is 3.37. The van der Waals surface area contributed by atoms with Gasteiger partial charge >= 0.3 is 5.97 Å². The number of carboxylic acids is 1. The molecular weight excluding hydrogens is 220 g/mol. The van der Waals surface area contributed by atoms with Crippen LogP contribution in [0.25, 0.3) is 0 Å². The lowest BCUT2D eigenvalue weighted by molar-refractivity contribution is -0.141. The molecule has 5 nitrogen and oxygen atoms in total. The molecule has 1 aliphatic carbocycles. The first-order valence-corrected chi connectivity index (χ1v) is 6.18. The molecule has 0 aromatic carbocycles. The highest BCUT2D eigenvalue weighted by Gasteiger charge is 2.40. The number of carbonyl (C=O) groups is 2. The first-order chi connectivity index (χ1) is 7.87. The topological polar surface area (TPSA) is 83.6 Å². The number of amides is 1. The summed E-state index contributed by atoms with van der Waals surface area (Å²) in [5.74, 6) is -0.979. The van der Waals surface area contributed by atoms with Crippen molar-refractivity contribution < 1.29 is 14.7 Å². The van der Waals surface area contributed by atoms with E-state index in [4.69, 9.17) is 10.8 Å². The Kier molecular flexibility index (Phi) is 4.51. The van der Waals surface area contributed by atoms with E-state index in [0.717, 1.165) is 12.8 Å². The average molecular weight is 242 g/mol. The molecular formula is C12H22N2O3. The second kappa shape index (κ2) is 5.49. The van der Waals surface area contributed by atoms with Crippen LogP contribution in [0.15, 0.2) is 0 Å². The van der Waals surface area contributed by atoms with E-state index in [1.165, 1.54) is 0 Å². The molecule has 1 saturated carbocycles. The van der Waals surface area contributed by atoms with Gasteiger partial charge in [0.1, 0.15) is 0 Å². The molecule has 0 spiro atoms. The van der Waals surface area contributed by atoms with Crippen LogP contribution >= 0.6 is 0 Å². The first-order valence-electron chi connectivity index (χ1n) is 6.18. The van der Waals surface area contributed by atoms with Crippen LogP contribution in [0, 0.1) is 0 Å². The van der Waals surface area contributed by atoms with E-state index in [2.05, 4.69) is 0 Å². The summed E-state index contributed by atoms with van der Waals surface area (Å²) in [5, 5.41) is 8.69. The zero-order valence-electron chi connectivity index (χ0n) is 10.6. The van der Waals surface area contributed by atoms with Gasteiger partial charge in [-0.1, -0.05) is 12.8 Å². The second-order valence-electron chi connectivity index (χ2n) is 5.10. The quantitative estimate of drug-likeness (QED) is 0.752. The molecule has 0 aliphatic heterocycles. The lowest BCUT2D eigenvalue weighted by Gasteiger charge is -2.34. The fourth-order valence-corrected chi connectivity index (χ4v) is 2.32. The highest BCUT2D eigenvalue weighted by Crippen LogP contribution is 2.29. The van der Waals surface area contributed by atoms with Gasteiger partial charge in [-0.05, 0) is 26.7 Å². The predicted molar refractivity (Wildman–Crippen MR) is 64.5 cm³/mol. The van der Waals surface area contributed by atoms with Gasteiger partial charge in [0.2, 0.25) is 5.91 Å². The molecule has 0 saturated heterocycles. The summed E-state index contributed by atoms with van der Waals surface area (Å²) in [4.78, 5) is 24.5. The Hall–Kier alpha value is -1.10. The molecule has 0 unspecified atom stereocenters. The Labute approximate surface area is 102 Å². The number of aliphatic carboxylic acids is 1. The molecule has 0 heterocycles. The summed E-state index contributed by atoms with van der Waals surface area (Å²) in [6, 6.07) is -0.0112. The van der Waals surface area contributed by atoms with E-state index in [1.807, 2.05) is 13.8 Å². The van der Waals surface area contributed by atoms with Crippen LogP contribution in [0.4, 0.5) is 0 Å². The number of nitrogens with two attached hydrogens (primary N) is 1. The van der Waals surface area contributed by atoms with Crippen LogP contribution in [0.3, 0.4) is 0 Å². The largest absolute Gasteiger partial charge is 0.481 e. The molecule has 0 bridgehead atoms. The predicted octanol–water partition coefficient (Wildman–Crippen LogP) is 0.970. The molecule has 3 N–H and O–H groups in total. The third kappa shape index (κ3) is 3.43. The summed E-state index contributed by atoms with van der Waals surface area (Å²) in [6.07, 6.45) is 3.35. The molecule has 98 valence electrons. The Balaban J connectivity index is 2.69. The van der Waals surface area contributed by atoms with Gasteiger partial charge in [-0.15, -0.1) is 0 Å². The molecule has 0 aromatic heterocycles. The van der Waals surface area contributed by atoms with Crippen molar-refractivity contribution in [1.29, 1.82) is 0 Å². The van der Waals surface area contributed by atoms with Crippen molar-refractivity contribution in [2.75, 3.05) is 6.54 Å². The van der Waals surface area contributed by atoms with E-state index in [-0.39, 0.29) is 24.9 Å². The van der Waals surface area contributed by atoms with E-state index in [0.29, 0.717) is 12.8 Å². The van der Waals surface area contributed by atoms with Crippen molar-refractivity contribution in [3.63, 3.8) is 0 Å². The molecule has 0 aromatic rings. The molecule has 1 aliphatic rings. The van der Waals surface area contributed by atoms with Gasteiger partial charge in [-0.3, -0.25) is 9.59 Å². The standard InChI is InChI=1S/C12H22N2O3/c1-9(2)14(8-5-10(15)16)11(17)12(13)6-3-4-7-12/h9H,3-8,13H2,1-2H3,(H,15,16). The summed E-state index contributed by atoms with van der Waals surface area (Å²) >= 11 is 0. The zero-order chi connectivity index (χ0) is 13.1. The smallest absolute Gasteiger partial charge is 0.305 e. The van der Waals surface area contributed by atoms with Crippen LogP contribution in [0.5, 0.6) is 0 Å². The molecule has 0 radical (unpaired) electrons. The van der Waals surface area contributed by atoms with Gasteiger partial charge in [0.05, 0.1) is 12.0 Å². The molecule has 1 fully saturated rings. The second-order valence-corrected chi connectivity index (χ2v) is 5.10. The van der Waals surface area contributed by atoms with Gasteiger partial charge < -0.3 is 15.7 Å². The molecule has 1 amide bonds. The van der Waals surface area contributed by atoms with Crippen LogP contribution in [-0.2, 0) is 9.59 Å². The maximum Gasteiger partial charge on any atom is 0.305 e. The molecule has 0 atom stereocenters. The van der Waals surface area contributed by atoms with Crippen molar-refractivity contribution >= 4 is 11.9 Å². The van der Waals surface area contributed by atoms with Crippen molar-refractivity contribution in [2.24, 2.45) is 5.73 Å². The van der Waals surface area contributed by atoms with Crippen molar-refractivity contribution in [2.45, 2.75) is 57.5 Å². The summed E-state index contributed by atoms with van der Waals surface area (Å²) in [5.41, 5.74) is 5.35. The van der Waals surface area contributed by atoms with Crippen molar-refractivity contribution in [3.05, 3.63) is 0 Å². The van der Waals surface area contributed by atoms with Gasteiger partial charge in [0.15, 0.2) is 0 Å². The van der Waals surface area contributed by atoms with Crippen LogP contribution in [0.2, 0.25) is 0 Å². The minimum Gasteiger partial charge on any atom is -0.481 e. The summed E-state index contributed by atoms with van der Waals surface area (Å²) < 4.78 is 0. The monoisotopic (exact) mass is 242 g/mol. The Morgan fingerprint density at radius 2 is 1.88 bits per heavy atom. The number of rotatable bonds is 5. The number of carbonyl (C=O) groups excluding carboxylic acids is 1. The Morgan fingerprint density at radius 3 is 2.29 bits per heavy atom. The minimum absolute atomic E-state index is 0.0112. The van der Waals surface area contributed by atoms with Crippen LogP contribution < -0.4 is 5.73 Å². The van der Waals surface area contributed by atoms with Gasteiger partial charge in [0.25, 0.3) is 0 Å². The normalized spacial score (nSPS) is 18.4.